The van der Waals surface area contributed by atoms with Crippen molar-refractivity contribution in [1.29, 1.82) is 0 Å². The van der Waals surface area contributed by atoms with E-state index >= 15 is 0 Å². The number of hydrogen-bond donors (Lipinski definition) is 2. The number of anilines is 3. The average Bonchev–Trinajstić information content (AvgIpc) is 3.44. The standard InChI is InChI=1S/C20H21FN6O2/c1-28-17-3-2-12(6-15(17)21)16-7-19(26-25-16)23-18-4-5-22-20(24-18)27-8-13-10-29-11-14(13)9-27/h2-7,13-14H,8-11H2,1H3,(H2,22,23,24,25,26). The lowest BCUT2D eigenvalue weighted by Crippen LogP contribution is -2.24. The van der Waals surface area contributed by atoms with Crippen LogP contribution in [0.3, 0.4) is 0 Å². The van der Waals surface area contributed by atoms with Gasteiger partial charge in [0.15, 0.2) is 17.4 Å². The fraction of sp³-hybridized carbons (Fsp3) is 0.350. The highest BCUT2D eigenvalue weighted by molar-refractivity contribution is 5.66. The van der Waals surface area contributed by atoms with Crippen molar-refractivity contribution in [2.24, 2.45) is 11.8 Å². The number of rotatable bonds is 5. The zero-order valence-electron chi connectivity index (χ0n) is 15.9. The van der Waals surface area contributed by atoms with Gasteiger partial charge in [-0.1, -0.05) is 0 Å². The van der Waals surface area contributed by atoms with Crippen LogP contribution < -0.4 is 15.0 Å². The molecule has 2 N–H and O–H groups in total. The van der Waals surface area contributed by atoms with E-state index < -0.39 is 5.82 Å². The molecule has 2 unspecified atom stereocenters. The van der Waals surface area contributed by atoms with E-state index in [2.05, 4.69) is 30.4 Å². The predicted octanol–water partition coefficient (Wildman–Crippen LogP) is 2.84. The van der Waals surface area contributed by atoms with Gasteiger partial charge in [0.05, 0.1) is 26.0 Å². The molecule has 0 aliphatic carbocycles. The van der Waals surface area contributed by atoms with E-state index in [0.717, 1.165) is 26.3 Å². The van der Waals surface area contributed by atoms with Gasteiger partial charge in [0.2, 0.25) is 5.95 Å². The molecule has 2 fully saturated rings. The molecule has 2 aliphatic rings. The van der Waals surface area contributed by atoms with Crippen molar-refractivity contribution >= 4 is 17.6 Å². The molecule has 8 nitrogen and oxygen atoms in total. The zero-order chi connectivity index (χ0) is 19.8. The number of nitrogens with zero attached hydrogens (tertiary/aromatic N) is 4. The number of H-pyrrole nitrogens is 1. The van der Waals surface area contributed by atoms with Crippen LogP contribution in [-0.2, 0) is 4.74 Å². The summed E-state index contributed by atoms with van der Waals surface area (Å²) in [5.74, 6) is 2.86. The minimum absolute atomic E-state index is 0.206. The molecule has 2 aliphatic heterocycles. The Morgan fingerprint density at radius 1 is 1.17 bits per heavy atom. The Morgan fingerprint density at radius 3 is 2.76 bits per heavy atom. The number of aromatic nitrogens is 4. The van der Waals surface area contributed by atoms with E-state index in [0.29, 0.717) is 40.7 Å². The number of methoxy groups -OCH3 is 1. The molecule has 0 spiro atoms. The normalized spacial score (nSPS) is 20.7. The van der Waals surface area contributed by atoms with Crippen LogP contribution >= 0.6 is 0 Å². The Labute approximate surface area is 167 Å². The summed E-state index contributed by atoms with van der Waals surface area (Å²) in [5, 5.41) is 10.4. The van der Waals surface area contributed by atoms with Crippen LogP contribution in [0.25, 0.3) is 11.3 Å². The van der Waals surface area contributed by atoms with Gasteiger partial charge in [-0.2, -0.15) is 10.1 Å². The molecule has 0 bridgehead atoms. The third kappa shape index (κ3) is 3.49. The Balaban J connectivity index is 1.31. The topological polar surface area (TPSA) is 88.2 Å². The number of fused-ring (bicyclic) bond motifs is 1. The SMILES string of the molecule is COc1ccc(-c2cc(Nc3ccnc(N4CC5COCC5C4)n3)n[nH]2)cc1F. The second-order valence-corrected chi connectivity index (χ2v) is 7.35. The summed E-state index contributed by atoms with van der Waals surface area (Å²) >= 11 is 0. The van der Waals surface area contributed by atoms with Crippen LogP contribution in [0.5, 0.6) is 5.75 Å². The Hall–Kier alpha value is -3.20. The van der Waals surface area contributed by atoms with Gasteiger partial charge in [-0.15, -0.1) is 0 Å². The maximum absolute atomic E-state index is 14.0. The van der Waals surface area contributed by atoms with Crippen molar-refractivity contribution in [2.75, 3.05) is 43.6 Å². The van der Waals surface area contributed by atoms with Gasteiger partial charge in [0.1, 0.15) is 5.82 Å². The molecule has 2 saturated heterocycles. The molecular formula is C20H21FN6O2. The molecule has 0 amide bonds. The molecule has 29 heavy (non-hydrogen) atoms. The van der Waals surface area contributed by atoms with Crippen molar-refractivity contribution in [3.05, 3.63) is 42.3 Å². The molecule has 2 atom stereocenters. The fourth-order valence-corrected chi connectivity index (χ4v) is 3.92. The van der Waals surface area contributed by atoms with E-state index in [1.54, 1.807) is 30.5 Å². The summed E-state index contributed by atoms with van der Waals surface area (Å²) in [6.45, 7) is 3.48. The number of halogens is 1. The number of benzene rings is 1. The first-order chi connectivity index (χ1) is 14.2. The first kappa shape index (κ1) is 17.9. The van der Waals surface area contributed by atoms with Gasteiger partial charge >= 0.3 is 0 Å². The second kappa shape index (κ2) is 7.32. The highest BCUT2D eigenvalue weighted by Gasteiger charge is 2.38. The van der Waals surface area contributed by atoms with Crippen LogP contribution in [0, 0.1) is 17.7 Å². The number of nitrogens with one attached hydrogen (secondary N) is 2. The van der Waals surface area contributed by atoms with Gasteiger partial charge < -0.3 is 19.7 Å². The van der Waals surface area contributed by atoms with E-state index in [1.807, 2.05) is 0 Å². The molecular weight excluding hydrogens is 375 g/mol. The molecule has 9 heteroatoms. The monoisotopic (exact) mass is 396 g/mol. The van der Waals surface area contributed by atoms with Gasteiger partial charge in [-0.25, -0.2) is 9.37 Å². The van der Waals surface area contributed by atoms with E-state index in [1.165, 1.54) is 13.2 Å². The molecule has 2 aromatic heterocycles. The molecule has 0 saturated carbocycles. The molecule has 150 valence electrons. The van der Waals surface area contributed by atoms with Crippen molar-refractivity contribution in [3.63, 3.8) is 0 Å². The Morgan fingerprint density at radius 2 is 2.00 bits per heavy atom. The summed E-state index contributed by atoms with van der Waals surface area (Å²) in [6.07, 6.45) is 1.74. The Kier molecular flexibility index (Phi) is 4.51. The van der Waals surface area contributed by atoms with Gasteiger partial charge in [-0.05, 0) is 24.3 Å². The number of ether oxygens (including phenoxy) is 2. The molecule has 3 aromatic rings. The molecule has 5 rings (SSSR count). The summed E-state index contributed by atoms with van der Waals surface area (Å²) in [4.78, 5) is 11.3. The van der Waals surface area contributed by atoms with Crippen LogP contribution in [0.2, 0.25) is 0 Å². The lowest BCUT2D eigenvalue weighted by atomic mass is 10.0. The maximum atomic E-state index is 14.0. The van der Waals surface area contributed by atoms with Crippen LogP contribution in [0.15, 0.2) is 36.5 Å². The van der Waals surface area contributed by atoms with Crippen molar-refractivity contribution in [1.82, 2.24) is 20.2 Å². The fourth-order valence-electron chi connectivity index (χ4n) is 3.92. The second-order valence-electron chi connectivity index (χ2n) is 7.35. The average molecular weight is 396 g/mol. The minimum atomic E-state index is -0.421. The van der Waals surface area contributed by atoms with E-state index in [4.69, 9.17) is 9.47 Å². The molecule has 0 radical (unpaired) electrons. The van der Waals surface area contributed by atoms with Crippen molar-refractivity contribution in [2.45, 2.75) is 0 Å². The maximum Gasteiger partial charge on any atom is 0.227 e. The van der Waals surface area contributed by atoms with Crippen molar-refractivity contribution in [3.8, 4) is 17.0 Å². The van der Waals surface area contributed by atoms with Crippen LogP contribution in [0.4, 0.5) is 22.0 Å². The molecule has 4 heterocycles. The zero-order valence-corrected chi connectivity index (χ0v) is 15.9. The van der Waals surface area contributed by atoms with E-state index in [-0.39, 0.29) is 5.75 Å². The third-order valence-corrected chi connectivity index (χ3v) is 5.46. The van der Waals surface area contributed by atoms with Crippen LogP contribution in [-0.4, -0.2) is 53.6 Å². The van der Waals surface area contributed by atoms with Crippen LogP contribution in [0.1, 0.15) is 0 Å². The lowest BCUT2D eigenvalue weighted by Gasteiger charge is -2.17. The largest absolute Gasteiger partial charge is 0.494 e. The summed E-state index contributed by atoms with van der Waals surface area (Å²) < 4.78 is 24.5. The Bertz CT molecular complexity index is 1010. The molecule has 1 aromatic carbocycles. The van der Waals surface area contributed by atoms with E-state index in [9.17, 15) is 4.39 Å². The number of hydrogen-bond acceptors (Lipinski definition) is 7. The number of aromatic amines is 1. The summed E-state index contributed by atoms with van der Waals surface area (Å²) in [6, 6.07) is 8.38. The third-order valence-electron chi connectivity index (χ3n) is 5.46. The first-order valence-corrected chi connectivity index (χ1v) is 9.51. The lowest BCUT2D eigenvalue weighted by molar-refractivity contribution is 0.177. The smallest absolute Gasteiger partial charge is 0.227 e. The highest BCUT2D eigenvalue weighted by atomic mass is 19.1. The van der Waals surface area contributed by atoms with Gasteiger partial charge in [0.25, 0.3) is 0 Å². The predicted molar refractivity (Wildman–Crippen MR) is 106 cm³/mol. The van der Waals surface area contributed by atoms with Gasteiger partial charge in [0, 0.05) is 42.8 Å². The summed E-state index contributed by atoms with van der Waals surface area (Å²) in [5.41, 5.74) is 1.37. The minimum Gasteiger partial charge on any atom is -0.494 e. The highest BCUT2D eigenvalue weighted by Crippen LogP contribution is 2.31. The summed E-state index contributed by atoms with van der Waals surface area (Å²) in [7, 11) is 1.44. The van der Waals surface area contributed by atoms with Gasteiger partial charge in [-0.3, -0.25) is 5.10 Å². The first-order valence-electron chi connectivity index (χ1n) is 9.51. The quantitative estimate of drug-likeness (QED) is 0.686. The van der Waals surface area contributed by atoms with Crippen molar-refractivity contribution < 1.29 is 13.9 Å².